The number of benzene rings is 1. The van der Waals surface area contributed by atoms with E-state index in [9.17, 15) is 19.8 Å². The molecule has 0 bridgehead atoms. The summed E-state index contributed by atoms with van der Waals surface area (Å²) in [7, 11) is 1.16. The van der Waals surface area contributed by atoms with E-state index in [1.54, 1.807) is 25.1 Å². The van der Waals surface area contributed by atoms with Gasteiger partial charge in [0.2, 0.25) is 0 Å². The van der Waals surface area contributed by atoms with E-state index in [4.69, 9.17) is 10.5 Å². The van der Waals surface area contributed by atoms with Crippen molar-refractivity contribution in [3.05, 3.63) is 57.4 Å². The highest BCUT2D eigenvalue weighted by Crippen LogP contribution is 2.37. The Balaban J connectivity index is 2.02. The highest BCUT2D eigenvalue weighted by atomic mass is 16.5. The highest BCUT2D eigenvalue weighted by molar-refractivity contribution is 5.93. The summed E-state index contributed by atoms with van der Waals surface area (Å²) in [5.74, 6) is -0.892. The van der Waals surface area contributed by atoms with Crippen molar-refractivity contribution in [1.82, 2.24) is 9.55 Å². The number of methoxy groups -OCH3 is 1. The third kappa shape index (κ3) is 2.64. The maximum atomic E-state index is 13.1. The van der Waals surface area contributed by atoms with Crippen LogP contribution in [0.15, 0.2) is 35.1 Å². The van der Waals surface area contributed by atoms with E-state index in [1.807, 2.05) is 12.1 Å². The van der Waals surface area contributed by atoms with E-state index in [1.165, 1.54) is 4.57 Å². The van der Waals surface area contributed by atoms with Gasteiger partial charge in [-0.25, -0.2) is 9.78 Å². The van der Waals surface area contributed by atoms with Crippen molar-refractivity contribution in [3.63, 3.8) is 0 Å². The molecule has 8 nitrogen and oxygen atoms in total. The van der Waals surface area contributed by atoms with Crippen LogP contribution in [0.3, 0.4) is 0 Å². The van der Waals surface area contributed by atoms with E-state index < -0.39 is 23.7 Å². The maximum Gasteiger partial charge on any atom is 0.342 e. The van der Waals surface area contributed by atoms with Gasteiger partial charge in [-0.2, -0.15) is 0 Å². The first kappa shape index (κ1) is 19.1. The zero-order chi connectivity index (χ0) is 20.9. The Kier molecular flexibility index (Phi) is 4.40. The summed E-state index contributed by atoms with van der Waals surface area (Å²) in [6.45, 7) is 1.24. The average Bonchev–Trinajstić information content (AvgIpc) is 3.09. The van der Waals surface area contributed by atoms with E-state index in [-0.39, 0.29) is 24.1 Å². The van der Waals surface area contributed by atoms with Gasteiger partial charge in [0, 0.05) is 27.8 Å². The predicted molar refractivity (Wildman–Crippen MR) is 107 cm³/mol. The summed E-state index contributed by atoms with van der Waals surface area (Å²) in [5.41, 5.74) is 6.63. The number of fused-ring (bicyclic) bond motifs is 4. The number of nitrogens with zero attached hydrogens (tertiary/aromatic N) is 2. The van der Waals surface area contributed by atoms with Crippen molar-refractivity contribution >= 4 is 22.6 Å². The van der Waals surface area contributed by atoms with E-state index in [2.05, 4.69) is 4.98 Å². The van der Waals surface area contributed by atoms with Crippen molar-refractivity contribution in [1.29, 1.82) is 0 Å². The number of anilines is 1. The van der Waals surface area contributed by atoms with Crippen LogP contribution in [0.2, 0.25) is 0 Å². The molecule has 29 heavy (non-hydrogen) atoms. The lowest BCUT2D eigenvalue weighted by atomic mass is 9.87. The standard InChI is InChI=1S/C21H21N3O5/c1-3-21(28,20(27)29-2)14-8-17-18-11(9-24(17)19(26)13(14)10-25)7-12-15(22)5-4-6-16(12)23-18/h4-8,25,28H,3,9-10,22H2,1-2H3/t21-/m0/s1. The summed E-state index contributed by atoms with van der Waals surface area (Å²) in [6.07, 6.45) is -0.0237. The molecule has 0 amide bonds. The fourth-order valence-electron chi connectivity index (χ4n) is 3.95. The molecule has 0 saturated heterocycles. The molecule has 3 aromatic rings. The number of aliphatic hydroxyl groups is 2. The maximum absolute atomic E-state index is 13.1. The second-order valence-electron chi connectivity index (χ2n) is 7.09. The molecule has 0 fully saturated rings. The molecule has 4 N–H and O–H groups in total. The van der Waals surface area contributed by atoms with Crippen molar-refractivity contribution in [3.8, 4) is 11.4 Å². The van der Waals surface area contributed by atoms with Crippen molar-refractivity contribution in [2.45, 2.75) is 32.1 Å². The predicted octanol–water partition coefficient (Wildman–Crippen LogP) is 1.27. The molecule has 0 radical (unpaired) electrons. The third-order valence-electron chi connectivity index (χ3n) is 5.58. The lowest BCUT2D eigenvalue weighted by molar-refractivity contribution is -0.164. The van der Waals surface area contributed by atoms with Crippen LogP contribution in [-0.2, 0) is 28.3 Å². The molecule has 0 spiro atoms. The number of aliphatic hydroxyl groups excluding tert-OH is 1. The van der Waals surface area contributed by atoms with Crippen LogP contribution in [0.5, 0.6) is 0 Å². The molecule has 3 heterocycles. The Morgan fingerprint density at radius 3 is 2.79 bits per heavy atom. The first-order valence-electron chi connectivity index (χ1n) is 9.23. The zero-order valence-corrected chi connectivity index (χ0v) is 16.1. The monoisotopic (exact) mass is 395 g/mol. The molecule has 0 unspecified atom stereocenters. The smallest absolute Gasteiger partial charge is 0.342 e. The quantitative estimate of drug-likeness (QED) is 0.351. The second kappa shape index (κ2) is 6.68. The lowest BCUT2D eigenvalue weighted by Crippen LogP contribution is -2.40. The molecule has 1 aliphatic rings. The van der Waals surface area contributed by atoms with Crippen LogP contribution < -0.4 is 11.3 Å². The number of aromatic nitrogens is 2. The molecule has 2 aromatic heterocycles. The summed E-state index contributed by atoms with van der Waals surface area (Å²) >= 11 is 0. The average molecular weight is 395 g/mol. The topological polar surface area (TPSA) is 128 Å². The fourth-order valence-corrected chi connectivity index (χ4v) is 3.95. The molecule has 1 atom stereocenters. The van der Waals surface area contributed by atoms with E-state index >= 15 is 0 Å². The Morgan fingerprint density at radius 1 is 1.38 bits per heavy atom. The molecule has 0 saturated carbocycles. The van der Waals surface area contributed by atoms with E-state index in [0.29, 0.717) is 22.6 Å². The fraction of sp³-hybridized carbons (Fsp3) is 0.286. The Bertz CT molecular complexity index is 1220. The Morgan fingerprint density at radius 2 is 2.14 bits per heavy atom. The number of rotatable bonds is 4. The minimum Gasteiger partial charge on any atom is -0.467 e. The number of pyridine rings is 2. The number of carbonyl (C=O) groups is 1. The SMILES string of the molecule is CC[C@@](O)(C(=O)OC)c1cc2n(c(=O)c1CO)Cc1cc3c(N)cccc3nc1-2. The number of ether oxygens (including phenoxy) is 1. The van der Waals surface area contributed by atoms with Gasteiger partial charge in [0.1, 0.15) is 0 Å². The van der Waals surface area contributed by atoms with Crippen LogP contribution in [0, 0.1) is 0 Å². The van der Waals surface area contributed by atoms with Crippen molar-refractivity contribution in [2.24, 2.45) is 0 Å². The Hall–Kier alpha value is -3.23. The van der Waals surface area contributed by atoms with Crippen LogP contribution in [0.25, 0.3) is 22.3 Å². The molecule has 0 aliphatic carbocycles. The van der Waals surface area contributed by atoms with Crippen molar-refractivity contribution in [2.75, 3.05) is 12.8 Å². The molecular formula is C21H21N3O5. The summed E-state index contributed by atoms with van der Waals surface area (Å²) < 4.78 is 6.23. The van der Waals surface area contributed by atoms with Gasteiger partial charge in [-0.3, -0.25) is 4.79 Å². The lowest BCUT2D eigenvalue weighted by Gasteiger charge is -2.26. The van der Waals surface area contributed by atoms with Gasteiger partial charge in [0.15, 0.2) is 5.60 Å². The molecular weight excluding hydrogens is 374 g/mol. The summed E-state index contributed by atoms with van der Waals surface area (Å²) in [4.78, 5) is 30.1. The second-order valence-corrected chi connectivity index (χ2v) is 7.09. The van der Waals surface area contributed by atoms with Crippen LogP contribution in [0.4, 0.5) is 5.69 Å². The molecule has 4 rings (SSSR count). The van der Waals surface area contributed by atoms with E-state index in [0.717, 1.165) is 18.1 Å². The van der Waals surface area contributed by atoms with Gasteiger partial charge in [-0.05, 0) is 30.7 Å². The third-order valence-corrected chi connectivity index (χ3v) is 5.58. The van der Waals surface area contributed by atoms with Gasteiger partial charge in [0.05, 0.1) is 37.2 Å². The largest absolute Gasteiger partial charge is 0.467 e. The number of esters is 1. The zero-order valence-electron chi connectivity index (χ0n) is 16.1. The highest BCUT2D eigenvalue weighted by Gasteiger charge is 2.41. The first-order chi connectivity index (χ1) is 13.8. The van der Waals surface area contributed by atoms with Crippen LogP contribution >= 0.6 is 0 Å². The number of hydrogen-bond acceptors (Lipinski definition) is 7. The Labute approximate surface area is 166 Å². The van der Waals surface area contributed by atoms with Gasteiger partial charge in [-0.1, -0.05) is 13.0 Å². The first-order valence-corrected chi connectivity index (χ1v) is 9.23. The molecule has 150 valence electrons. The number of nitrogen functional groups attached to an aromatic ring is 1. The number of hydrogen-bond donors (Lipinski definition) is 3. The summed E-state index contributed by atoms with van der Waals surface area (Å²) in [5, 5.41) is 21.6. The number of nitrogens with two attached hydrogens (primary N) is 1. The van der Waals surface area contributed by atoms with Crippen LogP contribution in [0.1, 0.15) is 30.0 Å². The molecule has 1 aromatic carbocycles. The van der Waals surface area contributed by atoms with Crippen molar-refractivity contribution < 1.29 is 19.7 Å². The summed E-state index contributed by atoms with van der Waals surface area (Å²) in [6, 6.07) is 8.85. The van der Waals surface area contributed by atoms with Crippen LogP contribution in [-0.4, -0.2) is 32.8 Å². The minimum absolute atomic E-state index is 0.0237. The van der Waals surface area contributed by atoms with Gasteiger partial charge in [0.25, 0.3) is 5.56 Å². The van der Waals surface area contributed by atoms with Gasteiger partial charge in [-0.15, -0.1) is 0 Å². The normalized spacial score (nSPS) is 14.3. The minimum atomic E-state index is -2.05. The van der Waals surface area contributed by atoms with Gasteiger partial charge < -0.3 is 25.3 Å². The van der Waals surface area contributed by atoms with Gasteiger partial charge >= 0.3 is 5.97 Å². The number of carbonyl (C=O) groups excluding carboxylic acids is 1. The molecule has 8 heteroatoms. The molecule has 1 aliphatic heterocycles.